The molecule has 0 aliphatic heterocycles. The summed E-state index contributed by atoms with van der Waals surface area (Å²) in [6.45, 7) is 1.58. The molecule has 1 aromatic heterocycles. The van der Waals surface area contributed by atoms with E-state index in [1.54, 1.807) is 25.1 Å². The topological polar surface area (TPSA) is 106 Å². The number of carboxylic acid groups (broad SMARTS) is 1. The molecule has 0 radical (unpaired) electrons. The number of para-hydroxylation sites is 1. The summed E-state index contributed by atoms with van der Waals surface area (Å²) in [6.07, 6.45) is 0. The van der Waals surface area contributed by atoms with Gasteiger partial charge >= 0.3 is 5.97 Å². The minimum atomic E-state index is -1.18. The molecule has 3 aromatic rings. The van der Waals surface area contributed by atoms with Crippen LogP contribution in [0.3, 0.4) is 0 Å². The summed E-state index contributed by atoms with van der Waals surface area (Å²) in [4.78, 5) is 31.4. The number of hydrogen-bond acceptors (Lipinski definition) is 6. The zero-order valence-corrected chi connectivity index (χ0v) is 14.4. The second-order valence-electron chi connectivity index (χ2n) is 5.31. The van der Waals surface area contributed by atoms with Crippen LogP contribution in [-0.4, -0.2) is 26.0 Å². The Morgan fingerprint density at radius 2 is 1.73 bits per heavy atom. The highest BCUT2D eigenvalue weighted by molar-refractivity contribution is 7.99. The predicted molar refractivity (Wildman–Crippen MR) is 96.4 cm³/mol. The fourth-order valence-electron chi connectivity index (χ4n) is 2.38. The lowest BCUT2D eigenvalue weighted by atomic mass is 10.2. The van der Waals surface area contributed by atoms with Crippen LogP contribution >= 0.6 is 11.8 Å². The van der Waals surface area contributed by atoms with Gasteiger partial charge in [-0.2, -0.15) is 0 Å². The Morgan fingerprint density at radius 1 is 1.08 bits per heavy atom. The first-order valence-electron chi connectivity index (χ1n) is 7.56. The number of nitrogens with zero attached hydrogens (tertiary/aromatic N) is 3. The number of nitro benzene ring substituents is 1. The molecule has 0 aliphatic carbocycles. The molecule has 0 amide bonds. The van der Waals surface area contributed by atoms with Gasteiger partial charge in [-0.15, -0.1) is 0 Å². The smallest absolute Gasteiger partial charge is 0.340 e. The molecule has 0 unspecified atom stereocenters. The van der Waals surface area contributed by atoms with Crippen molar-refractivity contribution in [2.75, 3.05) is 0 Å². The van der Waals surface area contributed by atoms with E-state index in [2.05, 4.69) is 9.97 Å². The minimum absolute atomic E-state index is 0.0622. The van der Waals surface area contributed by atoms with E-state index in [0.717, 1.165) is 17.3 Å². The summed E-state index contributed by atoms with van der Waals surface area (Å²) >= 11 is 0.947. The molecular formula is C18H13N3O4S. The average molecular weight is 367 g/mol. The zero-order chi connectivity index (χ0) is 18.7. The van der Waals surface area contributed by atoms with E-state index in [0.29, 0.717) is 16.4 Å². The second-order valence-corrected chi connectivity index (χ2v) is 6.34. The molecule has 7 nitrogen and oxygen atoms in total. The molecule has 1 heterocycles. The Hall–Kier alpha value is -3.26. The monoisotopic (exact) mass is 367 g/mol. The number of carbonyl (C=O) groups is 1. The lowest BCUT2D eigenvalue weighted by Gasteiger charge is -2.10. The van der Waals surface area contributed by atoms with E-state index in [-0.39, 0.29) is 16.3 Å². The van der Waals surface area contributed by atoms with Crippen LogP contribution in [0.5, 0.6) is 0 Å². The van der Waals surface area contributed by atoms with Gasteiger partial charge in [-0.25, -0.2) is 14.8 Å². The van der Waals surface area contributed by atoms with Crippen molar-refractivity contribution in [3.8, 4) is 11.4 Å². The van der Waals surface area contributed by atoms with Crippen molar-refractivity contribution < 1.29 is 14.8 Å². The molecule has 26 heavy (non-hydrogen) atoms. The van der Waals surface area contributed by atoms with Crippen LogP contribution in [0, 0.1) is 17.0 Å². The van der Waals surface area contributed by atoms with Gasteiger partial charge in [-0.3, -0.25) is 10.1 Å². The van der Waals surface area contributed by atoms with E-state index in [1.807, 2.05) is 30.3 Å². The predicted octanol–water partition coefficient (Wildman–Crippen LogP) is 4.21. The third-order valence-electron chi connectivity index (χ3n) is 3.57. The molecule has 1 N–H and O–H groups in total. The molecule has 0 atom stereocenters. The van der Waals surface area contributed by atoms with Crippen molar-refractivity contribution in [3.05, 3.63) is 76.0 Å². The van der Waals surface area contributed by atoms with Gasteiger partial charge in [0.2, 0.25) is 0 Å². The quantitative estimate of drug-likeness (QED) is 0.409. The van der Waals surface area contributed by atoms with Crippen LogP contribution in [0.4, 0.5) is 5.69 Å². The van der Waals surface area contributed by atoms with Crippen LogP contribution in [0.15, 0.2) is 64.5 Å². The van der Waals surface area contributed by atoms with Gasteiger partial charge in [-0.1, -0.05) is 54.2 Å². The highest BCUT2D eigenvalue weighted by atomic mass is 32.2. The fourth-order valence-corrected chi connectivity index (χ4v) is 3.45. The largest absolute Gasteiger partial charge is 0.478 e. The number of nitro groups is 1. The van der Waals surface area contributed by atoms with Gasteiger partial charge in [-0.05, 0) is 13.0 Å². The van der Waals surface area contributed by atoms with Crippen molar-refractivity contribution in [3.63, 3.8) is 0 Å². The van der Waals surface area contributed by atoms with Gasteiger partial charge in [0.15, 0.2) is 5.82 Å². The van der Waals surface area contributed by atoms with Crippen LogP contribution in [0.1, 0.15) is 16.1 Å². The Kier molecular flexibility index (Phi) is 4.94. The van der Waals surface area contributed by atoms with E-state index in [4.69, 9.17) is 0 Å². The molecule has 0 saturated heterocycles. The van der Waals surface area contributed by atoms with Crippen molar-refractivity contribution in [2.45, 2.75) is 16.8 Å². The molecule has 8 heteroatoms. The summed E-state index contributed by atoms with van der Waals surface area (Å²) in [5, 5.41) is 20.9. The molecule has 2 aromatic carbocycles. The fraction of sp³-hybridized carbons (Fsp3) is 0.0556. The van der Waals surface area contributed by atoms with Crippen molar-refractivity contribution in [2.24, 2.45) is 0 Å². The summed E-state index contributed by atoms with van der Waals surface area (Å²) in [6, 6.07) is 15.3. The van der Waals surface area contributed by atoms with E-state index in [1.165, 1.54) is 6.07 Å². The van der Waals surface area contributed by atoms with Crippen LogP contribution in [0.2, 0.25) is 0 Å². The normalized spacial score (nSPS) is 10.5. The maximum Gasteiger partial charge on any atom is 0.340 e. The summed E-state index contributed by atoms with van der Waals surface area (Å²) in [7, 11) is 0. The molecule has 0 fully saturated rings. The number of rotatable bonds is 5. The van der Waals surface area contributed by atoms with Crippen molar-refractivity contribution >= 4 is 23.4 Å². The third kappa shape index (κ3) is 3.55. The first-order valence-corrected chi connectivity index (χ1v) is 8.37. The van der Waals surface area contributed by atoms with E-state index < -0.39 is 10.9 Å². The highest BCUT2D eigenvalue weighted by Gasteiger charge is 2.22. The van der Waals surface area contributed by atoms with Gasteiger partial charge in [0, 0.05) is 11.6 Å². The summed E-state index contributed by atoms with van der Waals surface area (Å²) < 4.78 is 0. The van der Waals surface area contributed by atoms with Crippen LogP contribution in [-0.2, 0) is 0 Å². The molecule has 0 aliphatic rings. The van der Waals surface area contributed by atoms with Crippen LogP contribution < -0.4 is 0 Å². The van der Waals surface area contributed by atoms with Gasteiger partial charge in [0.1, 0.15) is 10.6 Å². The molecule has 130 valence electrons. The summed E-state index contributed by atoms with van der Waals surface area (Å²) in [5.74, 6) is -0.808. The Morgan fingerprint density at radius 3 is 2.38 bits per heavy atom. The molecule has 0 spiro atoms. The molecule has 3 rings (SSSR count). The standard InChI is InChI=1S/C18H13N3O4S/c1-11-15(18(22)23)17(20-16(19-11)12-7-3-2-4-8-12)26-14-10-6-5-9-13(14)21(24)25/h2-10H,1H3,(H,22,23). The lowest BCUT2D eigenvalue weighted by Crippen LogP contribution is -2.08. The summed E-state index contributed by atoms with van der Waals surface area (Å²) in [5.41, 5.74) is 0.864. The van der Waals surface area contributed by atoms with E-state index in [9.17, 15) is 20.0 Å². The van der Waals surface area contributed by atoms with Crippen molar-refractivity contribution in [1.29, 1.82) is 0 Å². The SMILES string of the molecule is Cc1nc(-c2ccccc2)nc(Sc2ccccc2[N+](=O)[O-])c1C(=O)O. The second kappa shape index (κ2) is 7.32. The van der Waals surface area contributed by atoms with Crippen LogP contribution in [0.25, 0.3) is 11.4 Å². The number of aromatic carboxylic acids is 1. The Balaban J connectivity index is 2.15. The number of aromatic nitrogens is 2. The first kappa shape index (κ1) is 17.6. The zero-order valence-electron chi connectivity index (χ0n) is 13.6. The Labute approximate surface area is 152 Å². The number of hydrogen-bond donors (Lipinski definition) is 1. The number of aryl methyl sites for hydroxylation is 1. The minimum Gasteiger partial charge on any atom is -0.478 e. The maximum absolute atomic E-state index is 11.7. The third-order valence-corrected chi connectivity index (χ3v) is 4.63. The Bertz CT molecular complexity index is 993. The molecule has 0 bridgehead atoms. The van der Waals surface area contributed by atoms with Gasteiger partial charge in [0.25, 0.3) is 5.69 Å². The number of benzene rings is 2. The maximum atomic E-state index is 11.7. The van der Waals surface area contributed by atoms with Gasteiger partial charge in [0.05, 0.1) is 15.5 Å². The lowest BCUT2D eigenvalue weighted by molar-refractivity contribution is -0.387. The highest BCUT2D eigenvalue weighted by Crippen LogP contribution is 2.36. The van der Waals surface area contributed by atoms with Gasteiger partial charge < -0.3 is 5.11 Å². The van der Waals surface area contributed by atoms with Crippen molar-refractivity contribution in [1.82, 2.24) is 9.97 Å². The molecular weight excluding hydrogens is 354 g/mol. The van der Waals surface area contributed by atoms with E-state index >= 15 is 0 Å². The average Bonchev–Trinajstić information content (AvgIpc) is 2.62. The first-order chi connectivity index (χ1) is 12.5. The molecule has 0 saturated carbocycles. The number of carboxylic acids is 1.